The molecule has 1 amide bonds. The van der Waals surface area contributed by atoms with Crippen LogP contribution in [0.4, 0.5) is 5.82 Å². The lowest BCUT2D eigenvalue weighted by Crippen LogP contribution is -2.48. The largest absolute Gasteiger partial charge is 0.480 e. The van der Waals surface area contributed by atoms with E-state index in [-0.39, 0.29) is 35.0 Å². The summed E-state index contributed by atoms with van der Waals surface area (Å²) in [5.41, 5.74) is 0.522. The Labute approximate surface area is 211 Å². The van der Waals surface area contributed by atoms with Gasteiger partial charge in [-0.25, -0.2) is 8.42 Å². The first-order valence-electron chi connectivity index (χ1n) is 12.2. The number of nitrogens with one attached hydrogen (secondary N) is 1. The molecule has 2 aliphatic rings. The first kappa shape index (κ1) is 25.8. The zero-order chi connectivity index (χ0) is 25.9. The van der Waals surface area contributed by atoms with Crippen LogP contribution in [0.15, 0.2) is 36.4 Å². The summed E-state index contributed by atoms with van der Waals surface area (Å²) < 4.78 is 33.4. The first-order valence-corrected chi connectivity index (χ1v) is 13.6. The zero-order valence-corrected chi connectivity index (χ0v) is 21.3. The van der Waals surface area contributed by atoms with Crippen LogP contribution in [-0.4, -0.2) is 45.3 Å². The zero-order valence-electron chi connectivity index (χ0n) is 20.5. The lowest BCUT2D eigenvalue weighted by molar-refractivity contribution is -0.121. The molecule has 2 aromatic rings. The Kier molecular flexibility index (Phi) is 7.43. The van der Waals surface area contributed by atoms with Crippen LogP contribution >= 0.6 is 0 Å². The van der Waals surface area contributed by atoms with Gasteiger partial charge in [0.2, 0.25) is 11.8 Å². The monoisotopic (exact) mass is 510 g/mol. The van der Waals surface area contributed by atoms with E-state index < -0.39 is 26.6 Å². The Morgan fingerprint density at radius 3 is 2.44 bits per heavy atom. The molecule has 2 fully saturated rings. The number of pyridine rings is 1. The molecule has 1 N–H and O–H groups in total. The summed E-state index contributed by atoms with van der Waals surface area (Å²) in [5, 5.41) is 13.2. The normalized spacial score (nSPS) is 17.1. The number of benzene rings is 1. The molecule has 4 rings (SSSR count). The van der Waals surface area contributed by atoms with Crippen molar-refractivity contribution in [2.75, 3.05) is 24.5 Å². The topological polar surface area (TPSA) is 129 Å². The van der Waals surface area contributed by atoms with E-state index >= 15 is 0 Å². The van der Waals surface area contributed by atoms with Gasteiger partial charge >= 0.3 is 0 Å². The molecule has 0 atom stereocenters. The van der Waals surface area contributed by atoms with Crippen molar-refractivity contribution in [2.24, 2.45) is 5.92 Å². The summed E-state index contributed by atoms with van der Waals surface area (Å²) in [7, 11) is -3.02. The number of nitriles is 1. The number of piperidine rings is 1. The number of sulfonamides is 1. The van der Waals surface area contributed by atoms with Crippen molar-refractivity contribution in [3.8, 4) is 11.9 Å². The van der Waals surface area contributed by atoms with E-state index in [4.69, 9.17) is 4.74 Å². The molecule has 190 valence electrons. The minimum atomic E-state index is -4.34. The fraction of sp³-hybridized carbons (Fsp3) is 0.462. The number of hydrogen-bond acceptors (Lipinski definition) is 8. The van der Waals surface area contributed by atoms with Crippen molar-refractivity contribution >= 4 is 27.5 Å². The van der Waals surface area contributed by atoms with E-state index in [0.29, 0.717) is 50.8 Å². The van der Waals surface area contributed by atoms with E-state index in [1.165, 1.54) is 13.2 Å². The number of ketones is 1. The van der Waals surface area contributed by atoms with Gasteiger partial charge in [-0.1, -0.05) is 37.3 Å². The van der Waals surface area contributed by atoms with Gasteiger partial charge in [-0.05, 0) is 56.8 Å². The van der Waals surface area contributed by atoms with Crippen LogP contribution in [-0.2, 0) is 19.6 Å². The number of aromatic nitrogens is 1. The molecule has 0 spiro atoms. The molecule has 0 radical (unpaired) electrons. The van der Waals surface area contributed by atoms with Gasteiger partial charge in [0, 0.05) is 12.3 Å². The number of hydrogen-bond donors (Lipinski definition) is 1. The molecule has 1 aromatic carbocycles. The number of carbonyl (C=O) groups is 2. The van der Waals surface area contributed by atoms with E-state index in [1.807, 2.05) is 13.0 Å². The highest BCUT2D eigenvalue weighted by atomic mass is 32.2. The highest BCUT2D eigenvalue weighted by molar-refractivity contribution is 7.94. The highest BCUT2D eigenvalue weighted by Crippen LogP contribution is 2.55. The fourth-order valence-corrected chi connectivity index (χ4v) is 6.89. The van der Waals surface area contributed by atoms with Crippen LogP contribution in [0.25, 0.3) is 0 Å². The summed E-state index contributed by atoms with van der Waals surface area (Å²) in [6.07, 6.45) is 2.43. The van der Waals surface area contributed by atoms with Crippen LogP contribution in [0.3, 0.4) is 0 Å². The lowest BCUT2D eigenvalue weighted by Gasteiger charge is -2.32. The number of anilines is 1. The van der Waals surface area contributed by atoms with Crippen molar-refractivity contribution in [1.82, 2.24) is 10.3 Å². The summed E-state index contributed by atoms with van der Waals surface area (Å²) in [6, 6.07) is 12.1. The van der Waals surface area contributed by atoms with E-state index in [2.05, 4.69) is 10.3 Å². The van der Waals surface area contributed by atoms with Crippen LogP contribution in [0.2, 0.25) is 0 Å². The number of Topliss-reactive ketones (excluding diaryl/α,β-unsaturated/α-hetero) is 1. The van der Waals surface area contributed by atoms with Crippen LogP contribution in [0.1, 0.15) is 66.9 Å². The van der Waals surface area contributed by atoms with Gasteiger partial charge < -0.3 is 10.1 Å². The summed E-state index contributed by atoms with van der Waals surface area (Å²) >= 11 is 0. The minimum absolute atomic E-state index is 0.0931. The Morgan fingerprint density at radius 1 is 1.22 bits per heavy atom. The van der Waals surface area contributed by atoms with Crippen molar-refractivity contribution in [3.63, 3.8) is 0 Å². The predicted octanol–water partition coefficient (Wildman–Crippen LogP) is 3.30. The predicted molar refractivity (Wildman–Crippen MR) is 134 cm³/mol. The molecule has 1 aliphatic carbocycles. The van der Waals surface area contributed by atoms with Crippen molar-refractivity contribution in [1.29, 1.82) is 5.26 Å². The number of carbonyl (C=O) groups excluding carboxylic acids is 2. The second-order valence-corrected chi connectivity index (χ2v) is 11.3. The molecule has 10 heteroatoms. The van der Waals surface area contributed by atoms with Gasteiger partial charge in [-0.3, -0.25) is 9.59 Å². The fourth-order valence-electron chi connectivity index (χ4n) is 4.74. The maximum absolute atomic E-state index is 14.3. The molecule has 36 heavy (non-hydrogen) atoms. The van der Waals surface area contributed by atoms with Gasteiger partial charge in [-0.2, -0.15) is 14.6 Å². The Bertz CT molecular complexity index is 1290. The second kappa shape index (κ2) is 10.4. The van der Waals surface area contributed by atoms with Crippen LogP contribution in [0, 0.1) is 17.2 Å². The number of nitrogens with zero attached hydrogens (tertiary/aromatic N) is 3. The molecule has 9 nitrogen and oxygen atoms in total. The molecular weight excluding hydrogens is 480 g/mol. The second-order valence-electron chi connectivity index (χ2n) is 9.19. The van der Waals surface area contributed by atoms with Gasteiger partial charge in [-0.15, -0.1) is 0 Å². The average molecular weight is 511 g/mol. The van der Waals surface area contributed by atoms with E-state index in [1.54, 1.807) is 30.3 Å². The number of amides is 1. The average Bonchev–Trinajstić information content (AvgIpc) is 3.72. The van der Waals surface area contributed by atoms with Gasteiger partial charge in [0.1, 0.15) is 10.8 Å². The molecule has 1 saturated heterocycles. The molecule has 2 heterocycles. The number of methoxy groups -OCH3 is 1. The maximum Gasteiger partial charge on any atom is 0.252 e. The SMILES string of the molecule is CCCC(=O)c1cc(C#N)c(N(C(=O)C2CCNCC2)S(=O)(=O)C2(c3ccccc3)CC2)nc1OC. The highest BCUT2D eigenvalue weighted by Gasteiger charge is 2.60. The molecule has 0 unspecified atom stereocenters. The molecule has 0 bridgehead atoms. The van der Waals surface area contributed by atoms with Crippen molar-refractivity contribution in [2.45, 2.75) is 50.2 Å². The number of ether oxygens (including phenoxy) is 1. The Hall–Kier alpha value is -3.29. The third-order valence-corrected chi connectivity index (χ3v) is 9.34. The third kappa shape index (κ3) is 4.49. The summed E-state index contributed by atoms with van der Waals surface area (Å²) in [4.78, 5) is 30.9. The van der Waals surface area contributed by atoms with E-state index in [9.17, 15) is 23.3 Å². The van der Waals surface area contributed by atoms with Gasteiger partial charge in [0.25, 0.3) is 10.0 Å². The summed E-state index contributed by atoms with van der Waals surface area (Å²) in [5.74, 6) is -1.85. The standard InChI is InChI=1S/C26H30N4O5S/c1-3-7-22(31)21-16-19(17-27)23(29-24(21)35-2)30(25(32)18-10-14-28-15-11-18)36(33,34)26(12-13-26)20-8-5-4-6-9-20/h4-6,8-9,16,18,28H,3,7,10-15H2,1-2H3. The van der Waals surface area contributed by atoms with Crippen molar-refractivity contribution < 1.29 is 22.7 Å². The smallest absolute Gasteiger partial charge is 0.252 e. The Morgan fingerprint density at radius 2 is 1.89 bits per heavy atom. The Balaban J connectivity index is 1.91. The molecule has 1 aromatic heterocycles. The lowest BCUT2D eigenvalue weighted by atomic mass is 9.97. The minimum Gasteiger partial charge on any atom is -0.480 e. The van der Waals surface area contributed by atoms with Crippen LogP contribution < -0.4 is 14.4 Å². The van der Waals surface area contributed by atoms with Crippen LogP contribution in [0.5, 0.6) is 5.88 Å². The summed E-state index contributed by atoms with van der Waals surface area (Å²) in [6.45, 7) is 3.02. The van der Waals surface area contributed by atoms with Gasteiger partial charge in [0.15, 0.2) is 11.6 Å². The van der Waals surface area contributed by atoms with Gasteiger partial charge in [0.05, 0.1) is 18.2 Å². The number of rotatable bonds is 9. The van der Waals surface area contributed by atoms with E-state index in [0.717, 1.165) is 4.31 Å². The molecule has 1 saturated carbocycles. The third-order valence-electron chi connectivity index (χ3n) is 6.88. The molecule has 1 aliphatic heterocycles. The molecular formula is C26H30N4O5S. The van der Waals surface area contributed by atoms with Crippen molar-refractivity contribution in [3.05, 3.63) is 53.1 Å². The maximum atomic E-state index is 14.3. The quantitative estimate of drug-likeness (QED) is 0.509. The first-order chi connectivity index (χ1) is 17.3.